The average molecular weight is 124 g/mol. The van der Waals surface area contributed by atoms with Crippen LogP contribution in [0.4, 0.5) is 0 Å². The highest BCUT2D eigenvalue weighted by Crippen LogP contribution is 2.23. The van der Waals surface area contributed by atoms with E-state index >= 15 is 0 Å². The molecule has 0 N–H and O–H groups in total. The van der Waals surface area contributed by atoms with Crippen LogP contribution in [0.15, 0.2) is 10.7 Å². The summed E-state index contributed by atoms with van der Waals surface area (Å²) in [5, 5.41) is 0. The van der Waals surface area contributed by atoms with Crippen molar-refractivity contribution in [2.75, 3.05) is 0 Å². The molecule has 2 heteroatoms. The minimum absolute atomic E-state index is 0.656. The maximum Gasteiger partial charge on any atom is 0.135 e. The van der Waals surface area contributed by atoms with E-state index in [9.17, 15) is 0 Å². The first-order chi connectivity index (χ1) is 4.38. The highest BCUT2D eigenvalue weighted by atomic mass is 16.5. The third kappa shape index (κ3) is 0.598. The Morgan fingerprint density at radius 3 is 3.11 bits per heavy atom. The summed E-state index contributed by atoms with van der Waals surface area (Å²) >= 11 is 0. The van der Waals surface area contributed by atoms with Gasteiger partial charge < -0.3 is 9.15 Å². The lowest BCUT2D eigenvalue weighted by atomic mass is 10.2. The second-order valence-corrected chi connectivity index (χ2v) is 2.31. The number of hydrogen-bond donors (Lipinski definition) is 0. The smallest absolute Gasteiger partial charge is 0.135 e. The van der Waals surface area contributed by atoms with E-state index in [0.29, 0.717) is 6.61 Å². The van der Waals surface area contributed by atoms with E-state index < -0.39 is 0 Å². The predicted octanol–water partition coefficient (Wildman–Crippen LogP) is 1.62. The summed E-state index contributed by atoms with van der Waals surface area (Å²) in [4.78, 5) is 0. The molecule has 0 saturated heterocycles. The van der Waals surface area contributed by atoms with Gasteiger partial charge in [-0.05, 0) is 12.5 Å². The summed E-state index contributed by atoms with van der Waals surface area (Å²) in [6, 6.07) is 0. The Hall–Kier alpha value is -0.760. The Kier molecular flexibility index (Phi) is 0.904. The maximum absolute atomic E-state index is 5.18. The van der Waals surface area contributed by atoms with Gasteiger partial charge in [0.2, 0.25) is 0 Å². The van der Waals surface area contributed by atoms with Crippen LogP contribution in [-0.4, -0.2) is 0 Å². The molecule has 0 atom stereocenters. The highest BCUT2D eigenvalue weighted by molar-refractivity contribution is 5.27. The second-order valence-electron chi connectivity index (χ2n) is 2.31. The zero-order valence-corrected chi connectivity index (χ0v) is 5.31. The van der Waals surface area contributed by atoms with Crippen LogP contribution in [0.2, 0.25) is 0 Å². The van der Waals surface area contributed by atoms with Gasteiger partial charge in [0, 0.05) is 5.56 Å². The molecule has 1 aromatic rings. The summed E-state index contributed by atoms with van der Waals surface area (Å²) in [5.74, 6) is 1.01. The molecule has 0 saturated carbocycles. The topological polar surface area (TPSA) is 22.4 Å². The molecule has 0 aromatic carbocycles. The van der Waals surface area contributed by atoms with Crippen molar-refractivity contribution >= 4 is 0 Å². The van der Waals surface area contributed by atoms with Gasteiger partial charge in [-0.2, -0.15) is 0 Å². The first-order valence-corrected chi connectivity index (χ1v) is 3.01. The average Bonchev–Trinajstić information content (AvgIpc) is 2.35. The molecule has 2 heterocycles. The Labute approximate surface area is 53.4 Å². The molecule has 0 spiro atoms. The molecule has 1 aromatic heterocycles. The van der Waals surface area contributed by atoms with Gasteiger partial charge in [0.15, 0.2) is 0 Å². The fourth-order valence-corrected chi connectivity index (χ4v) is 1.08. The van der Waals surface area contributed by atoms with Crippen molar-refractivity contribution in [2.45, 2.75) is 20.1 Å². The molecular formula is C7H8O2. The van der Waals surface area contributed by atoms with Gasteiger partial charge in [-0.1, -0.05) is 0 Å². The van der Waals surface area contributed by atoms with Gasteiger partial charge >= 0.3 is 0 Å². The highest BCUT2D eigenvalue weighted by Gasteiger charge is 2.16. The zero-order valence-electron chi connectivity index (χ0n) is 5.31. The molecule has 1 aliphatic heterocycles. The van der Waals surface area contributed by atoms with Gasteiger partial charge in [-0.25, -0.2) is 0 Å². The van der Waals surface area contributed by atoms with Gasteiger partial charge in [-0.15, -0.1) is 0 Å². The summed E-state index contributed by atoms with van der Waals surface area (Å²) in [6.07, 6.45) is 1.78. The van der Waals surface area contributed by atoms with E-state index in [4.69, 9.17) is 9.15 Å². The molecule has 0 aliphatic carbocycles. The van der Waals surface area contributed by atoms with E-state index in [1.54, 1.807) is 6.26 Å². The van der Waals surface area contributed by atoms with Crippen molar-refractivity contribution in [3.63, 3.8) is 0 Å². The first-order valence-electron chi connectivity index (χ1n) is 3.01. The van der Waals surface area contributed by atoms with Crippen molar-refractivity contribution in [1.29, 1.82) is 0 Å². The summed E-state index contributed by atoms with van der Waals surface area (Å²) in [6.45, 7) is 3.43. The van der Waals surface area contributed by atoms with E-state index in [1.807, 2.05) is 6.92 Å². The van der Waals surface area contributed by atoms with Crippen molar-refractivity contribution < 1.29 is 9.15 Å². The largest absolute Gasteiger partial charge is 0.466 e. The van der Waals surface area contributed by atoms with Gasteiger partial charge in [0.25, 0.3) is 0 Å². The quantitative estimate of drug-likeness (QED) is 0.524. The molecule has 0 unspecified atom stereocenters. The lowest BCUT2D eigenvalue weighted by Crippen LogP contribution is -1.77. The lowest BCUT2D eigenvalue weighted by molar-refractivity contribution is 0.123. The van der Waals surface area contributed by atoms with Crippen LogP contribution < -0.4 is 0 Å². The van der Waals surface area contributed by atoms with E-state index in [2.05, 4.69) is 0 Å². The number of rotatable bonds is 0. The second kappa shape index (κ2) is 1.61. The number of hydrogen-bond acceptors (Lipinski definition) is 2. The van der Waals surface area contributed by atoms with Crippen molar-refractivity contribution in [3.8, 4) is 0 Å². The summed E-state index contributed by atoms with van der Waals surface area (Å²) < 4.78 is 10.3. The SMILES string of the molecule is Cc1coc2c1COC2. The van der Waals surface area contributed by atoms with Crippen LogP contribution in [0.3, 0.4) is 0 Å². The molecular weight excluding hydrogens is 116 g/mol. The number of fused-ring (bicyclic) bond motifs is 1. The minimum atomic E-state index is 0.656. The summed E-state index contributed by atoms with van der Waals surface area (Å²) in [7, 11) is 0. The monoisotopic (exact) mass is 124 g/mol. The summed E-state index contributed by atoms with van der Waals surface area (Å²) in [5.41, 5.74) is 2.46. The standard InChI is InChI=1S/C7H8O2/c1-5-2-9-7-4-8-3-6(5)7/h2H,3-4H2,1H3. The van der Waals surface area contributed by atoms with Gasteiger partial charge in [-0.3, -0.25) is 0 Å². The molecule has 0 bridgehead atoms. The van der Waals surface area contributed by atoms with Crippen LogP contribution in [-0.2, 0) is 18.0 Å². The maximum atomic E-state index is 5.18. The van der Waals surface area contributed by atoms with Gasteiger partial charge in [0.05, 0.1) is 12.9 Å². The lowest BCUT2D eigenvalue weighted by Gasteiger charge is -1.86. The molecule has 2 nitrogen and oxygen atoms in total. The number of ether oxygens (including phenoxy) is 1. The molecule has 9 heavy (non-hydrogen) atoms. The fourth-order valence-electron chi connectivity index (χ4n) is 1.08. The molecule has 0 amide bonds. The van der Waals surface area contributed by atoms with Crippen molar-refractivity contribution in [2.24, 2.45) is 0 Å². The Balaban J connectivity index is 2.56. The van der Waals surface area contributed by atoms with Crippen LogP contribution in [0.1, 0.15) is 16.9 Å². The minimum Gasteiger partial charge on any atom is -0.466 e. The first kappa shape index (κ1) is 5.06. The van der Waals surface area contributed by atoms with Crippen LogP contribution in [0, 0.1) is 6.92 Å². The molecule has 0 fully saturated rings. The van der Waals surface area contributed by atoms with Crippen LogP contribution in [0.25, 0.3) is 0 Å². The van der Waals surface area contributed by atoms with Crippen molar-refractivity contribution in [3.05, 3.63) is 23.2 Å². The van der Waals surface area contributed by atoms with Crippen LogP contribution >= 0.6 is 0 Å². The molecule has 48 valence electrons. The number of furan rings is 1. The van der Waals surface area contributed by atoms with E-state index in [-0.39, 0.29) is 0 Å². The third-order valence-corrected chi connectivity index (χ3v) is 1.67. The fraction of sp³-hybridized carbons (Fsp3) is 0.429. The molecule has 0 radical (unpaired) electrons. The van der Waals surface area contributed by atoms with Gasteiger partial charge in [0.1, 0.15) is 12.4 Å². The molecule has 2 rings (SSSR count). The normalized spacial score (nSPS) is 16.1. The van der Waals surface area contributed by atoms with Crippen molar-refractivity contribution in [1.82, 2.24) is 0 Å². The van der Waals surface area contributed by atoms with Crippen LogP contribution in [0.5, 0.6) is 0 Å². The van der Waals surface area contributed by atoms with E-state index in [0.717, 1.165) is 12.4 Å². The Bertz CT molecular complexity index is 225. The Morgan fingerprint density at radius 2 is 2.33 bits per heavy atom. The Morgan fingerprint density at radius 1 is 1.44 bits per heavy atom. The zero-order chi connectivity index (χ0) is 6.27. The third-order valence-electron chi connectivity index (χ3n) is 1.67. The number of aryl methyl sites for hydroxylation is 1. The van der Waals surface area contributed by atoms with E-state index in [1.165, 1.54) is 11.1 Å². The molecule has 1 aliphatic rings. The predicted molar refractivity (Wildman–Crippen MR) is 31.9 cm³/mol.